The highest BCUT2D eigenvalue weighted by atomic mass is 32.2. The van der Waals surface area contributed by atoms with Crippen LogP contribution in [0.4, 0.5) is 0 Å². The summed E-state index contributed by atoms with van der Waals surface area (Å²) in [6, 6.07) is 6.35. The van der Waals surface area contributed by atoms with Gasteiger partial charge in [0, 0.05) is 31.1 Å². The zero-order chi connectivity index (χ0) is 19.5. The van der Waals surface area contributed by atoms with Gasteiger partial charge in [-0.25, -0.2) is 0 Å². The average Bonchev–Trinajstić information content (AvgIpc) is 3.33. The molecule has 0 aliphatic carbocycles. The van der Waals surface area contributed by atoms with Crippen LogP contribution in [0.25, 0.3) is 0 Å². The molecule has 1 aromatic carbocycles. The van der Waals surface area contributed by atoms with Crippen LogP contribution in [0.2, 0.25) is 0 Å². The number of carbonyl (C=O) groups is 2. The number of thioether (sulfide) groups is 1. The third kappa shape index (κ3) is 2.72. The van der Waals surface area contributed by atoms with Crippen LogP contribution in [-0.2, 0) is 20.9 Å². The average molecular weight is 399 g/mol. The lowest BCUT2D eigenvalue weighted by Gasteiger charge is -2.32. The van der Waals surface area contributed by atoms with Crippen molar-refractivity contribution in [2.45, 2.75) is 32.1 Å². The molecule has 0 radical (unpaired) electrons. The summed E-state index contributed by atoms with van der Waals surface area (Å²) in [5, 5.41) is 0. The molecule has 1 aromatic rings. The molecule has 4 aliphatic heterocycles. The zero-order valence-electron chi connectivity index (χ0n) is 16.4. The molecule has 5 rings (SSSR count). The van der Waals surface area contributed by atoms with Crippen LogP contribution in [-0.4, -0.2) is 64.5 Å². The van der Waals surface area contributed by atoms with Gasteiger partial charge in [0.05, 0.1) is 24.5 Å². The quantitative estimate of drug-likeness (QED) is 0.733. The molecule has 28 heavy (non-hydrogen) atoms. The largest absolute Gasteiger partial charge is 0.360 e. The Bertz CT molecular complexity index is 863. The Morgan fingerprint density at radius 1 is 1.29 bits per heavy atom. The van der Waals surface area contributed by atoms with Crippen molar-refractivity contribution in [2.75, 3.05) is 31.1 Å². The van der Waals surface area contributed by atoms with E-state index in [1.54, 1.807) is 0 Å². The van der Waals surface area contributed by atoms with Crippen LogP contribution in [0.5, 0.6) is 0 Å². The number of carbonyl (C=O) groups excluding carboxylic acids is 2. The molecule has 2 bridgehead atoms. The number of rotatable bonds is 3. The highest BCUT2D eigenvalue weighted by molar-refractivity contribution is 7.99. The lowest BCUT2D eigenvalue weighted by atomic mass is 9.76. The molecule has 0 N–H and O–H groups in total. The van der Waals surface area contributed by atoms with Gasteiger partial charge in [-0.2, -0.15) is 11.8 Å². The number of hydrogen-bond donors (Lipinski definition) is 0. The summed E-state index contributed by atoms with van der Waals surface area (Å²) in [5.41, 5.74) is 2.93. The van der Waals surface area contributed by atoms with E-state index in [4.69, 9.17) is 4.74 Å². The number of amides is 2. The summed E-state index contributed by atoms with van der Waals surface area (Å²) in [5.74, 6) is 1.37. The van der Waals surface area contributed by atoms with Gasteiger partial charge in [-0.3, -0.25) is 9.59 Å². The highest BCUT2D eigenvalue weighted by Gasteiger charge is 2.67. The van der Waals surface area contributed by atoms with Gasteiger partial charge < -0.3 is 14.5 Å². The molecule has 4 aliphatic rings. The summed E-state index contributed by atoms with van der Waals surface area (Å²) >= 11 is 1.88. The van der Waals surface area contributed by atoms with E-state index in [0.29, 0.717) is 13.1 Å². The fourth-order valence-electron chi connectivity index (χ4n) is 5.16. The topological polar surface area (TPSA) is 49.9 Å². The van der Waals surface area contributed by atoms with Crippen molar-refractivity contribution in [1.29, 1.82) is 0 Å². The van der Waals surface area contributed by atoms with Gasteiger partial charge in [0.25, 0.3) is 0 Å². The molecule has 4 heterocycles. The minimum Gasteiger partial charge on any atom is -0.360 e. The van der Waals surface area contributed by atoms with Gasteiger partial charge >= 0.3 is 0 Å². The second-order valence-electron chi connectivity index (χ2n) is 8.46. The first kappa shape index (κ1) is 18.3. The first-order valence-corrected chi connectivity index (χ1v) is 11.2. The molecular weight excluding hydrogens is 372 g/mol. The number of aryl methyl sites for hydroxylation is 2. The van der Waals surface area contributed by atoms with Crippen molar-refractivity contribution in [3.63, 3.8) is 0 Å². The molecule has 6 heteroatoms. The number of hydrogen-bond acceptors (Lipinski definition) is 4. The minimum absolute atomic E-state index is 0.0671. The van der Waals surface area contributed by atoms with E-state index < -0.39 is 5.60 Å². The van der Waals surface area contributed by atoms with Gasteiger partial charge in [0.1, 0.15) is 5.60 Å². The first-order chi connectivity index (χ1) is 13.5. The van der Waals surface area contributed by atoms with Gasteiger partial charge in [-0.15, -0.1) is 0 Å². The van der Waals surface area contributed by atoms with Crippen molar-refractivity contribution in [1.82, 2.24) is 9.80 Å². The summed E-state index contributed by atoms with van der Waals surface area (Å²) in [4.78, 5) is 30.5. The molecule has 3 saturated heterocycles. The maximum atomic E-state index is 13.4. The van der Waals surface area contributed by atoms with E-state index in [0.717, 1.165) is 24.6 Å². The molecule has 0 saturated carbocycles. The predicted molar refractivity (Wildman–Crippen MR) is 109 cm³/mol. The van der Waals surface area contributed by atoms with Crippen LogP contribution < -0.4 is 0 Å². The van der Waals surface area contributed by atoms with Gasteiger partial charge in [0.15, 0.2) is 0 Å². The zero-order valence-corrected chi connectivity index (χ0v) is 17.2. The molecular formula is C22H26N2O3S. The third-order valence-corrected chi connectivity index (χ3v) is 7.59. The van der Waals surface area contributed by atoms with Crippen LogP contribution in [0.15, 0.2) is 30.4 Å². The van der Waals surface area contributed by atoms with Crippen LogP contribution in [0, 0.1) is 25.7 Å². The molecule has 1 spiro atoms. The molecule has 2 amide bonds. The molecule has 0 unspecified atom stereocenters. The van der Waals surface area contributed by atoms with E-state index in [-0.39, 0.29) is 29.8 Å². The summed E-state index contributed by atoms with van der Waals surface area (Å²) in [7, 11) is 0. The Morgan fingerprint density at radius 3 is 2.86 bits per heavy atom. The van der Waals surface area contributed by atoms with Crippen LogP contribution >= 0.6 is 11.8 Å². The van der Waals surface area contributed by atoms with E-state index in [9.17, 15) is 9.59 Å². The molecule has 0 aromatic heterocycles. The highest BCUT2D eigenvalue weighted by Crippen LogP contribution is 2.52. The lowest BCUT2D eigenvalue weighted by molar-refractivity contribution is -0.143. The lowest BCUT2D eigenvalue weighted by Crippen LogP contribution is -2.48. The summed E-state index contributed by atoms with van der Waals surface area (Å²) in [6.45, 7) is 6.82. The maximum Gasteiger partial charge on any atom is 0.230 e. The van der Waals surface area contributed by atoms with Gasteiger partial charge in [-0.1, -0.05) is 35.9 Å². The van der Waals surface area contributed by atoms with Crippen molar-refractivity contribution in [3.8, 4) is 0 Å². The van der Waals surface area contributed by atoms with E-state index in [1.165, 1.54) is 16.7 Å². The number of benzene rings is 1. The fourth-order valence-corrected chi connectivity index (χ4v) is 6.07. The fraction of sp³-hybridized carbons (Fsp3) is 0.545. The van der Waals surface area contributed by atoms with Crippen molar-refractivity contribution < 1.29 is 14.3 Å². The Balaban J connectivity index is 1.40. The molecule has 3 fully saturated rings. The summed E-state index contributed by atoms with van der Waals surface area (Å²) in [6.07, 6.45) is 3.80. The number of fused-ring (bicyclic) bond motifs is 1. The van der Waals surface area contributed by atoms with Crippen molar-refractivity contribution >= 4 is 23.6 Å². The van der Waals surface area contributed by atoms with Crippen LogP contribution in [0.1, 0.15) is 16.7 Å². The first-order valence-electron chi connectivity index (χ1n) is 10.1. The Morgan fingerprint density at radius 2 is 2.07 bits per heavy atom. The molecule has 4 atom stereocenters. The number of nitrogens with zero attached hydrogens (tertiary/aromatic N) is 2. The Kier molecular flexibility index (Phi) is 4.32. The van der Waals surface area contributed by atoms with Crippen LogP contribution in [0.3, 0.4) is 0 Å². The van der Waals surface area contributed by atoms with Gasteiger partial charge in [0.2, 0.25) is 11.8 Å². The second-order valence-corrected chi connectivity index (χ2v) is 9.69. The Hall–Kier alpha value is -1.79. The van der Waals surface area contributed by atoms with Crippen molar-refractivity contribution in [3.05, 3.63) is 47.0 Å². The van der Waals surface area contributed by atoms with Crippen molar-refractivity contribution in [2.24, 2.45) is 11.8 Å². The molecule has 148 valence electrons. The van der Waals surface area contributed by atoms with E-state index in [2.05, 4.69) is 32.0 Å². The number of ether oxygens (including phenoxy) is 1. The van der Waals surface area contributed by atoms with E-state index in [1.807, 2.05) is 33.7 Å². The van der Waals surface area contributed by atoms with Gasteiger partial charge in [-0.05, 0) is 25.0 Å². The minimum atomic E-state index is -0.621. The molecule has 5 nitrogen and oxygen atoms in total. The monoisotopic (exact) mass is 398 g/mol. The maximum absolute atomic E-state index is 13.4. The summed E-state index contributed by atoms with van der Waals surface area (Å²) < 4.78 is 6.27. The predicted octanol–water partition coefficient (Wildman–Crippen LogP) is 2.16. The SMILES string of the molecule is Cc1ccc(C)c(CN2C[C@]34C=C[C@H](O3)[C@H](C(=O)N3CCSCC3)[C@H]4C2=O)c1. The normalized spacial score (nSPS) is 33.6. The third-order valence-electron chi connectivity index (χ3n) is 6.65. The number of likely N-dealkylation sites (tertiary alicyclic amines) is 1. The van der Waals surface area contributed by atoms with E-state index >= 15 is 0 Å². The smallest absolute Gasteiger partial charge is 0.230 e. The second kappa shape index (κ2) is 6.63. The standard InChI is InChI=1S/C22H26N2O3S/c1-14-3-4-15(2)16(11-14)12-24-13-22-6-5-17(27-22)18(19(22)21(24)26)20(25)23-7-9-28-10-8-23/h3-6,11,17-19H,7-10,12-13H2,1-2H3/t17-,18-,19-,22-/m0/s1. The Labute approximate surface area is 170 Å².